The average molecular weight is 379 g/mol. The van der Waals surface area contributed by atoms with Gasteiger partial charge in [0.1, 0.15) is 11.3 Å². The number of nitrogens with zero attached hydrogens (tertiary/aromatic N) is 3. The lowest BCUT2D eigenvalue weighted by Gasteiger charge is -2.22. The molecule has 0 radical (unpaired) electrons. The van der Waals surface area contributed by atoms with Crippen molar-refractivity contribution >= 4 is 22.9 Å². The molecule has 0 aliphatic carbocycles. The zero-order valence-electron chi connectivity index (χ0n) is 17.5. The van der Waals surface area contributed by atoms with E-state index < -0.39 is 0 Å². The lowest BCUT2D eigenvalue weighted by Crippen LogP contribution is -2.22. The van der Waals surface area contributed by atoms with Crippen molar-refractivity contribution in [1.29, 1.82) is 0 Å². The largest absolute Gasteiger partial charge is 0.372 e. The fourth-order valence-corrected chi connectivity index (χ4v) is 3.60. The zero-order chi connectivity index (χ0) is 20.3. The second kappa shape index (κ2) is 8.46. The fraction of sp³-hybridized carbons (Fsp3) is 0.391. The van der Waals surface area contributed by atoms with Crippen molar-refractivity contribution in [2.24, 2.45) is 0 Å². The molecule has 3 aromatic rings. The highest BCUT2D eigenvalue weighted by Crippen LogP contribution is 2.24. The predicted molar refractivity (Wildman–Crippen MR) is 117 cm³/mol. The van der Waals surface area contributed by atoms with Crippen LogP contribution >= 0.6 is 0 Å². The molecule has 0 aliphatic rings. The molecule has 0 bridgehead atoms. The Morgan fingerprint density at radius 1 is 1.11 bits per heavy atom. The Kier molecular flexibility index (Phi) is 6.02. The summed E-state index contributed by atoms with van der Waals surface area (Å²) in [5.74, 6) is -0.113. The van der Waals surface area contributed by atoms with Crippen molar-refractivity contribution in [3.8, 4) is 0 Å². The van der Waals surface area contributed by atoms with Crippen molar-refractivity contribution in [3.05, 3.63) is 59.0 Å². The van der Waals surface area contributed by atoms with E-state index in [0.29, 0.717) is 5.69 Å². The number of benzene rings is 1. The summed E-state index contributed by atoms with van der Waals surface area (Å²) in [4.78, 5) is 20.2. The molecule has 148 valence electrons. The van der Waals surface area contributed by atoms with Gasteiger partial charge in [0.05, 0.1) is 5.69 Å². The molecule has 0 unspecified atom stereocenters. The number of pyridine rings is 1. The number of nitrogens with one attached hydrogen (secondary N) is 1. The molecule has 1 amide bonds. The maximum absolute atomic E-state index is 13.2. The number of carbonyl (C=O) groups excluding carboxylic acids is 1. The Hall–Kier alpha value is -2.82. The predicted octanol–water partition coefficient (Wildman–Crippen LogP) is 5.00. The second-order valence-corrected chi connectivity index (χ2v) is 7.22. The summed E-state index contributed by atoms with van der Waals surface area (Å²) < 4.78 is 1.90. The molecule has 0 aliphatic heterocycles. The number of anilines is 2. The highest BCUT2D eigenvalue weighted by atomic mass is 16.2. The Morgan fingerprint density at radius 3 is 2.50 bits per heavy atom. The smallest absolute Gasteiger partial charge is 0.274 e. The molecule has 0 atom stereocenters. The van der Waals surface area contributed by atoms with Gasteiger partial charge in [-0.3, -0.25) is 9.20 Å². The molecule has 2 aromatic heterocycles. The standard InChI is InChI=1S/C23H30N4O/c1-6-9-20-22(27-13-12-16(4)14-21(27)24-20)23(28)25-19-11-10-18(15-17(19)5)26(7-2)8-3/h10-15H,6-9H2,1-5H3,(H,25,28). The van der Waals surface area contributed by atoms with Crippen LogP contribution in [0.2, 0.25) is 0 Å². The van der Waals surface area contributed by atoms with E-state index in [9.17, 15) is 4.79 Å². The normalized spacial score (nSPS) is 11.0. The number of rotatable bonds is 7. The molecule has 28 heavy (non-hydrogen) atoms. The van der Waals surface area contributed by atoms with Gasteiger partial charge >= 0.3 is 0 Å². The van der Waals surface area contributed by atoms with Gasteiger partial charge in [-0.25, -0.2) is 4.98 Å². The Labute approximate surface area is 167 Å². The number of hydrogen-bond donors (Lipinski definition) is 1. The first kappa shape index (κ1) is 19.9. The number of hydrogen-bond acceptors (Lipinski definition) is 3. The minimum atomic E-state index is -0.113. The summed E-state index contributed by atoms with van der Waals surface area (Å²) >= 11 is 0. The van der Waals surface area contributed by atoms with Crippen LogP contribution in [0.1, 0.15) is 54.5 Å². The molecular formula is C23H30N4O. The highest BCUT2D eigenvalue weighted by Gasteiger charge is 2.19. The number of aryl methyl sites for hydroxylation is 3. The van der Waals surface area contributed by atoms with E-state index in [2.05, 4.69) is 43.1 Å². The lowest BCUT2D eigenvalue weighted by atomic mass is 10.1. The molecule has 3 rings (SSSR count). The van der Waals surface area contributed by atoms with Crippen LogP contribution in [0.25, 0.3) is 5.65 Å². The minimum absolute atomic E-state index is 0.113. The molecule has 2 heterocycles. The summed E-state index contributed by atoms with van der Waals surface area (Å²) in [6.07, 6.45) is 3.66. The van der Waals surface area contributed by atoms with Gasteiger partial charge in [0.15, 0.2) is 0 Å². The third-order valence-electron chi connectivity index (χ3n) is 5.14. The quantitative estimate of drug-likeness (QED) is 0.629. The van der Waals surface area contributed by atoms with Gasteiger partial charge in [0.2, 0.25) is 0 Å². The van der Waals surface area contributed by atoms with Crippen LogP contribution in [0.15, 0.2) is 36.5 Å². The minimum Gasteiger partial charge on any atom is -0.372 e. The van der Waals surface area contributed by atoms with Gasteiger partial charge in [0.25, 0.3) is 5.91 Å². The van der Waals surface area contributed by atoms with Crippen molar-refractivity contribution in [1.82, 2.24) is 9.38 Å². The average Bonchev–Trinajstić information content (AvgIpc) is 3.02. The van der Waals surface area contributed by atoms with Crippen LogP contribution in [0, 0.1) is 13.8 Å². The van der Waals surface area contributed by atoms with Crippen molar-refractivity contribution in [2.45, 2.75) is 47.5 Å². The second-order valence-electron chi connectivity index (χ2n) is 7.22. The van der Waals surface area contributed by atoms with Gasteiger partial charge in [-0.1, -0.05) is 13.3 Å². The van der Waals surface area contributed by atoms with E-state index >= 15 is 0 Å². The van der Waals surface area contributed by atoms with Gasteiger partial charge in [-0.2, -0.15) is 0 Å². The maximum Gasteiger partial charge on any atom is 0.274 e. The number of carbonyl (C=O) groups is 1. The van der Waals surface area contributed by atoms with Crippen LogP contribution in [0.5, 0.6) is 0 Å². The topological polar surface area (TPSA) is 49.6 Å². The monoisotopic (exact) mass is 378 g/mol. The summed E-state index contributed by atoms with van der Waals surface area (Å²) in [7, 11) is 0. The first-order chi connectivity index (χ1) is 13.5. The van der Waals surface area contributed by atoms with E-state index in [1.807, 2.05) is 42.6 Å². The van der Waals surface area contributed by atoms with Gasteiger partial charge < -0.3 is 10.2 Å². The summed E-state index contributed by atoms with van der Waals surface area (Å²) in [6.45, 7) is 12.4. The SMILES string of the molecule is CCCc1nc2cc(C)ccn2c1C(=O)Nc1ccc(N(CC)CC)cc1C. The molecule has 0 saturated heterocycles. The first-order valence-corrected chi connectivity index (χ1v) is 10.1. The van der Waals surface area contributed by atoms with Crippen molar-refractivity contribution < 1.29 is 4.79 Å². The van der Waals surface area contributed by atoms with Gasteiger partial charge in [0, 0.05) is 30.7 Å². The number of fused-ring (bicyclic) bond motifs is 1. The van der Waals surface area contributed by atoms with E-state index in [1.54, 1.807) is 0 Å². The van der Waals surface area contributed by atoms with E-state index in [-0.39, 0.29) is 5.91 Å². The van der Waals surface area contributed by atoms with Gasteiger partial charge in [-0.15, -0.1) is 0 Å². The van der Waals surface area contributed by atoms with Crippen LogP contribution in [0.4, 0.5) is 11.4 Å². The molecule has 0 saturated carbocycles. The van der Waals surface area contributed by atoms with E-state index in [0.717, 1.165) is 54.1 Å². The third kappa shape index (κ3) is 3.88. The van der Waals surface area contributed by atoms with Crippen molar-refractivity contribution in [2.75, 3.05) is 23.3 Å². The third-order valence-corrected chi connectivity index (χ3v) is 5.14. The van der Waals surface area contributed by atoms with Crippen LogP contribution in [0.3, 0.4) is 0 Å². The van der Waals surface area contributed by atoms with Gasteiger partial charge in [-0.05, 0) is 75.6 Å². The molecular weight excluding hydrogens is 348 g/mol. The summed E-state index contributed by atoms with van der Waals surface area (Å²) in [5.41, 5.74) is 6.51. The van der Waals surface area contributed by atoms with Crippen molar-refractivity contribution in [3.63, 3.8) is 0 Å². The summed E-state index contributed by atoms with van der Waals surface area (Å²) in [6, 6.07) is 10.2. The molecule has 0 spiro atoms. The zero-order valence-corrected chi connectivity index (χ0v) is 17.5. The lowest BCUT2D eigenvalue weighted by molar-refractivity contribution is 0.102. The molecule has 1 aromatic carbocycles. The maximum atomic E-state index is 13.2. The molecule has 5 heteroatoms. The van der Waals surface area contributed by atoms with Crippen LogP contribution in [-0.2, 0) is 6.42 Å². The summed E-state index contributed by atoms with van der Waals surface area (Å²) in [5, 5.41) is 3.10. The Balaban J connectivity index is 1.94. The molecule has 1 N–H and O–H groups in total. The highest BCUT2D eigenvalue weighted by molar-refractivity contribution is 6.05. The Bertz CT molecular complexity index is 986. The Morgan fingerprint density at radius 2 is 1.86 bits per heavy atom. The van der Waals surface area contributed by atoms with Crippen LogP contribution < -0.4 is 10.2 Å². The van der Waals surface area contributed by atoms with Crippen LogP contribution in [-0.4, -0.2) is 28.4 Å². The number of amides is 1. The molecule has 5 nitrogen and oxygen atoms in total. The van der Waals surface area contributed by atoms with E-state index in [4.69, 9.17) is 4.98 Å². The molecule has 0 fully saturated rings. The first-order valence-electron chi connectivity index (χ1n) is 10.1. The number of aromatic nitrogens is 2. The fourth-order valence-electron chi connectivity index (χ4n) is 3.60. The van der Waals surface area contributed by atoms with E-state index in [1.165, 1.54) is 5.69 Å². The number of imidazole rings is 1.